The summed E-state index contributed by atoms with van der Waals surface area (Å²) in [6, 6.07) is 13.1. The van der Waals surface area contributed by atoms with Crippen molar-refractivity contribution in [2.75, 3.05) is 5.32 Å². The highest BCUT2D eigenvalue weighted by Crippen LogP contribution is 2.33. The van der Waals surface area contributed by atoms with Crippen molar-refractivity contribution in [3.05, 3.63) is 59.2 Å². The van der Waals surface area contributed by atoms with Crippen molar-refractivity contribution in [3.8, 4) is 5.75 Å². The highest BCUT2D eigenvalue weighted by Gasteiger charge is 2.42. The molecule has 5 heteroatoms. The lowest BCUT2D eigenvalue weighted by molar-refractivity contribution is -0.158. The van der Waals surface area contributed by atoms with Crippen LogP contribution in [0.15, 0.2) is 42.5 Å². The first-order valence-electron chi connectivity index (χ1n) is 9.76. The number of anilines is 1. The Morgan fingerprint density at radius 2 is 1.61 bits per heavy atom. The molecule has 148 valence electrons. The van der Waals surface area contributed by atoms with Crippen LogP contribution in [0.25, 0.3) is 0 Å². The molecule has 1 saturated carbocycles. The number of aryl methyl sites for hydroxylation is 2. The number of carbonyl (C=O) groups excluding carboxylic acids is 1. The Morgan fingerprint density at radius 3 is 2.18 bits per heavy atom. The second-order valence-corrected chi connectivity index (χ2v) is 7.71. The number of hydrogen-bond donors (Lipinski definition) is 2. The molecule has 1 aliphatic rings. The lowest BCUT2D eigenvalue weighted by Gasteiger charge is -2.33. The molecule has 0 atom stereocenters. The van der Waals surface area contributed by atoms with Crippen LogP contribution in [0.1, 0.15) is 48.8 Å². The largest absolute Gasteiger partial charge is 0.478 e. The number of hydrogen-bond acceptors (Lipinski definition) is 3. The smallest absolute Gasteiger partial charge is 0.348 e. The van der Waals surface area contributed by atoms with Crippen LogP contribution >= 0.6 is 0 Å². The van der Waals surface area contributed by atoms with Crippen LogP contribution in [-0.2, 0) is 16.0 Å². The van der Waals surface area contributed by atoms with Gasteiger partial charge in [-0.1, -0.05) is 24.6 Å². The summed E-state index contributed by atoms with van der Waals surface area (Å²) >= 11 is 0. The molecule has 0 heterocycles. The summed E-state index contributed by atoms with van der Waals surface area (Å²) in [5, 5.41) is 12.6. The van der Waals surface area contributed by atoms with Crippen molar-refractivity contribution >= 4 is 17.6 Å². The molecule has 1 amide bonds. The zero-order valence-corrected chi connectivity index (χ0v) is 16.5. The summed E-state index contributed by atoms with van der Waals surface area (Å²) in [4.78, 5) is 24.1. The van der Waals surface area contributed by atoms with E-state index in [9.17, 15) is 14.7 Å². The van der Waals surface area contributed by atoms with Gasteiger partial charge in [0.15, 0.2) is 0 Å². The molecule has 0 unspecified atom stereocenters. The van der Waals surface area contributed by atoms with Gasteiger partial charge in [0.2, 0.25) is 11.5 Å². The maximum absolute atomic E-state index is 12.3. The van der Waals surface area contributed by atoms with Crippen LogP contribution in [0, 0.1) is 13.8 Å². The molecule has 2 aromatic carbocycles. The summed E-state index contributed by atoms with van der Waals surface area (Å²) in [5.74, 6) is -0.458. The highest BCUT2D eigenvalue weighted by molar-refractivity contribution is 5.92. The zero-order valence-electron chi connectivity index (χ0n) is 16.5. The van der Waals surface area contributed by atoms with Gasteiger partial charge in [0.25, 0.3) is 0 Å². The van der Waals surface area contributed by atoms with E-state index in [0.717, 1.165) is 41.6 Å². The number of carboxylic acids is 1. The van der Waals surface area contributed by atoms with E-state index in [1.54, 1.807) is 12.1 Å². The van der Waals surface area contributed by atoms with Gasteiger partial charge in [0, 0.05) is 5.69 Å². The highest BCUT2D eigenvalue weighted by atomic mass is 16.5. The summed E-state index contributed by atoms with van der Waals surface area (Å²) in [6.45, 7) is 4.00. The molecule has 1 fully saturated rings. The molecule has 1 aliphatic carbocycles. The Balaban J connectivity index is 1.62. The average molecular weight is 381 g/mol. The molecule has 28 heavy (non-hydrogen) atoms. The molecule has 2 N–H and O–H groups in total. The van der Waals surface area contributed by atoms with Crippen LogP contribution in [0.4, 0.5) is 5.69 Å². The molecule has 0 radical (unpaired) electrons. The second-order valence-electron chi connectivity index (χ2n) is 7.71. The number of ether oxygens (including phenoxy) is 1. The Morgan fingerprint density at radius 1 is 1.00 bits per heavy atom. The van der Waals surface area contributed by atoms with Crippen molar-refractivity contribution in [3.63, 3.8) is 0 Å². The number of benzene rings is 2. The molecule has 2 aromatic rings. The van der Waals surface area contributed by atoms with Crippen molar-refractivity contribution in [1.29, 1.82) is 0 Å². The van der Waals surface area contributed by atoms with Crippen LogP contribution in [0.2, 0.25) is 0 Å². The van der Waals surface area contributed by atoms with Crippen molar-refractivity contribution < 1.29 is 19.4 Å². The molecular formula is C23H27NO4. The number of rotatable bonds is 6. The van der Waals surface area contributed by atoms with Gasteiger partial charge < -0.3 is 15.2 Å². The van der Waals surface area contributed by atoms with Crippen LogP contribution in [-0.4, -0.2) is 22.6 Å². The van der Waals surface area contributed by atoms with Crippen LogP contribution < -0.4 is 10.1 Å². The van der Waals surface area contributed by atoms with Gasteiger partial charge >= 0.3 is 5.97 Å². The number of carboxylic acid groups (broad SMARTS) is 1. The molecular weight excluding hydrogens is 354 g/mol. The lowest BCUT2D eigenvalue weighted by Crippen LogP contribution is -2.46. The van der Waals surface area contributed by atoms with E-state index >= 15 is 0 Å². The van der Waals surface area contributed by atoms with Gasteiger partial charge in [-0.05, 0) is 80.5 Å². The summed E-state index contributed by atoms with van der Waals surface area (Å²) in [6.07, 6.45) is 4.08. The number of aliphatic carboxylic acids is 1. The zero-order chi connectivity index (χ0) is 20.1. The summed E-state index contributed by atoms with van der Waals surface area (Å²) in [5.41, 5.74) is 2.73. The van der Waals surface area contributed by atoms with Crippen molar-refractivity contribution in [1.82, 2.24) is 0 Å². The topological polar surface area (TPSA) is 75.6 Å². The fraction of sp³-hybridized carbons (Fsp3) is 0.391. The monoisotopic (exact) mass is 381 g/mol. The minimum absolute atomic E-state index is 0.0899. The van der Waals surface area contributed by atoms with E-state index in [-0.39, 0.29) is 12.3 Å². The molecule has 0 spiro atoms. The maximum Gasteiger partial charge on any atom is 0.348 e. The van der Waals surface area contributed by atoms with Crippen LogP contribution in [0.5, 0.6) is 5.75 Å². The molecule has 5 nitrogen and oxygen atoms in total. The Kier molecular flexibility index (Phi) is 6.02. The SMILES string of the molecule is Cc1cc(C)cc(NC(=O)Cc2ccc(OC3(C(=O)O)CCCCC3)cc2)c1. The van der Waals surface area contributed by atoms with E-state index in [0.29, 0.717) is 18.6 Å². The van der Waals surface area contributed by atoms with Gasteiger partial charge in [0.1, 0.15) is 5.75 Å². The molecule has 0 saturated heterocycles. The number of nitrogens with one attached hydrogen (secondary N) is 1. The third kappa shape index (κ3) is 4.91. The molecule has 0 bridgehead atoms. The number of carbonyl (C=O) groups is 2. The van der Waals surface area contributed by atoms with E-state index in [1.807, 2.05) is 38.1 Å². The van der Waals surface area contributed by atoms with Gasteiger partial charge in [0.05, 0.1) is 6.42 Å². The molecule has 0 aliphatic heterocycles. The predicted octanol–water partition coefficient (Wildman–Crippen LogP) is 4.65. The Bertz CT molecular complexity index is 831. The first kappa shape index (κ1) is 19.9. The van der Waals surface area contributed by atoms with E-state index in [2.05, 4.69) is 11.4 Å². The van der Waals surface area contributed by atoms with Gasteiger partial charge in [-0.2, -0.15) is 0 Å². The minimum atomic E-state index is -1.12. The van der Waals surface area contributed by atoms with Gasteiger partial charge in [-0.25, -0.2) is 4.79 Å². The molecule has 0 aromatic heterocycles. The van der Waals surface area contributed by atoms with Gasteiger partial charge in [-0.15, -0.1) is 0 Å². The third-order valence-electron chi connectivity index (χ3n) is 5.16. The lowest BCUT2D eigenvalue weighted by atomic mass is 9.84. The maximum atomic E-state index is 12.3. The van der Waals surface area contributed by atoms with Crippen molar-refractivity contribution in [2.24, 2.45) is 0 Å². The van der Waals surface area contributed by atoms with E-state index in [1.165, 1.54) is 0 Å². The standard InChI is InChI=1S/C23H27NO4/c1-16-12-17(2)14-19(13-16)24-21(25)15-18-6-8-20(9-7-18)28-23(22(26)27)10-4-3-5-11-23/h6-9,12-14H,3-5,10-11,15H2,1-2H3,(H,24,25)(H,26,27). The first-order chi connectivity index (χ1) is 13.4. The summed E-state index contributed by atoms with van der Waals surface area (Å²) in [7, 11) is 0. The second kappa shape index (κ2) is 8.46. The van der Waals surface area contributed by atoms with Gasteiger partial charge in [-0.3, -0.25) is 4.79 Å². The summed E-state index contributed by atoms with van der Waals surface area (Å²) < 4.78 is 5.89. The van der Waals surface area contributed by atoms with E-state index < -0.39 is 11.6 Å². The fourth-order valence-corrected chi connectivity index (χ4v) is 3.82. The quantitative estimate of drug-likeness (QED) is 0.764. The van der Waals surface area contributed by atoms with Crippen LogP contribution in [0.3, 0.4) is 0 Å². The Hall–Kier alpha value is -2.82. The molecule has 3 rings (SSSR count). The fourth-order valence-electron chi connectivity index (χ4n) is 3.82. The minimum Gasteiger partial charge on any atom is -0.478 e. The number of amides is 1. The normalized spacial score (nSPS) is 15.6. The predicted molar refractivity (Wildman–Crippen MR) is 109 cm³/mol. The van der Waals surface area contributed by atoms with Crippen molar-refractivity contribution in [2.45, 2.75) is 58.0 Å². The first-order valence-corrected chi connectivity index (χ1v) is 9.76. The average Bonchev–Trinajstić information content (AvgIpc) is 2.63. The Labute approximate surface area is 165 Å². The van der Waals surface area contributed by atoms with E-state index in [4.69, 9.17) is 4.74 Å². The third-order valence-corrected chi connectivity index (χ3v) is 5.16.